The number of carbonyl (C=O) groups is 3. The third-order valence-corrected chi connectivity index (χ3v) is 5.45. The molecule has 3 rings (SSSR count). The highest BCUT2D eigenvalue weighted by atomic mass is 35.5. The molecule has 2 N–H and O–H groups in total. The van der Waals surface area contributed by atoms with Crippen LogP contribution in [0.3, 0.4) is 0 Å². The molecule has 0 atom stereocenters. The first-order valence-corrected chi connectivity index (χ1v) is 11.5. The second-order valence-corrected chi connectivity index (χ2v) is 8.47. The van der Waals surface area contributed by atoms with E-state index in [1.54, 1.807) is 12.1 Å². The topological polar surface area (TPSA) is 118 Å². The van der Waals surface area contributed by atoms with E-state index in [1.807, 2.05) is 38.1 Å². The van der Waals surface area contributed by atoms with Crippen molar-refractivity contribution in [3.8, 4) is 11.8 Å². The fraction of sp³-hybridized carbons (Fsp3) is 0.143. The zero-order valence-electron chi connectivity index (χ0n) is 20.4. The first kappa shape index (κ1) is 27.0. The fourth-order valence-corrected chi connectivity index (χ4v) is 3.54. The van der Waals surface area contributed by atoms with Gasteiger partial charge in [-0.3, -0.25) is 9.59 Å². The zero-order valence-corrected chi connectivity index (χ0v) is 21.2. The van der Waals surface area contributed by atoms with Crippen molar-refractivity contribution in [1.29, 1.82) is 5.26 Å². The molecule has 3 aromatic rings. The average Bonchev–Trinajstić information content (AvgIpc) is 2.88. The lowest BCUT2D eigenvalue weighted by Gasteiger charge is -2.12. The van der Waals surface area contributed by atoms with E-state index in [9.17, 15) is 19.6 Å². The number of amides is 2. The molecule has 0 fully saturated rings. The van der Waals surface area contributed by atoms with Gasteiger partial charge in [0.05, 0.1) is 12.7 Å². The van der Waals surface area contributed by atoms with Crippen LogP contribution in [0.4, 0.5) is 11.4 Å². The largest absolute Gasteiger partial charge is 0.483 e. The minimum absolute atomic E-state index is 0.219. The second kappa shape index (κ2) is 12.4. The number of rotatable bonds is 8. The van der Waals surface area contributed by atoms with E-state index < -0.39 is 11.9 Å². The number of benzene rings is 3. The van der Waals surface area contributed by atoms with Crippen LogP contribution in [0.5, 0.6) is 5.75 Å². The van der Waals surface area contributed by atoms with Gasteiger partial charge in [0, 0.05) is 22.0 Å². The molecule has 2 amide bonds. The third-order valence-electron chi connectivity index (χ3n) is 5.22. The smallest absolute Gasteiger partial charge is 0.337 e. The van der Waals surface area contributed by atoms with Crippen LogP contribution in [0, 0.1) is 25.2 Å². The van der Waals surface area contributed by atoms with Gasteiger partial charge in [-0.15, -0.1) is 0 Å². The van der Waals surface area contributed by atoms with Gasteiger partial charge in [0.1, 0.15) is 17.4 Å². The molecule has 0 aliphatic carbocycles. The summed E-state index contributed by atoms with van der Waals surface area (Å²) in [7, 11) is 1.27. The third kappa shape index (κ3) is 7.43. The van der Waals surface area contributed by atoms with E-state index in [0.29, 0.717) is 27.5 Å². The van der Waals surface area contributed by atoms with E-state index in [1.165, 1.54) is 43.5 Å². The van der Waals surface area contributed by atoms with Crippen molar-refractivity contribution >= 4 is 46.8 Å². The average molecular weight is 518 g/mol. The Hall–Kier alpha value is -4.61. The van der Waals surface area contributed by atoms with Gasteiger partial charge in [0.15, 0.2) is 6.61 Å². The number of ether oxygens (including phenoxy) is 2. The molecule has 0 unspecified atom stereocenters. The Kier molecular flexibility index (Phi) is 9.03. The predicted molar refractivity (Wildman–Crippen MR) is 141 cm³/mol. The van der Waals surface area contributed by atoms with Crippen molar-refractivity contribution in [1.82, 2.24) is 0 Å². The van der Waals surface area contributed by atoms with Crippen LogP contribution in [0.1, 0.15) is 27.0 Å². The molecule has 0 bridgehead atoms. The Morgan fingerprint density at radius 2 is 1.73 bits per heavy atom. The molecule has 0 spiro atoms. The number of aryl methyl sites for hydroxylation is 2. The molecule has 37 heavy (non-hydrogen) atoms. The van der Waals surface area contributed by atoms with E-state index in [2.05, 4.69) is 15.4 Å². The van der Waals surface area contributed by atoms with Crippen LogP contribution in [0.2, 0.25) is 5.02 Å². The van der Waals surface area contributed by atoms with Crippen LogP contribution in [0.25, 0.3) is 6.08 Å². The van der Waals surface area contributed by atoms with Crippen molar-refractivity contribution in [2.75, 3.05) is 24.4 Å². The highest BCUT2D eigenvalue weighted by Crippen LogP contribution is 2.26. The summed E-state index contributed by atoms with van der Waals surface area (Å²) in [4.78, 5) is 36.7. The number of nitrogens with zero attached hydrogens (tertiary/aromatic N) is 1. The maximum atomic E-state index is 12.7. The Labute approximate surface area is 219 Å². The van der Waals surface area contributed by atoms with Gasteiger partial charge in [-0.25, -0.2) is 4.79 Å². The summed E-state index contributed by atoms with van der Waals surface area (Å²) < 4.78 is 10.3. The number of hydrogen-bond donors (Lipinski definition) is 2. The van der Waals surface area contributed by atoms with Gasteiger partial charge in [-0.05, 0) is 74.0 Å². The number of esters is 1. The van der Waals surface area contributed by atoms with Crippen molar-refractivity contribution in [2.45, 2.75) is 13.8 Å². The predicted octanol–water partition coefficient (Wildman–Crippen LogP) is 5.31. The summed E-state index contributed by atoms with van der Waals surface area (Å²) in [6.45, 7) is 3.57. The van der Waals surface area contributed by atoms with E-state index in [4.69, 9.17) is 16.3 Å². The Morgan fingerprint density at radius 1 is 1.00 bits per heavy atom. The second-order valence-electron chi connectivity index (χ2n) is 8.03. The minimum Gasteiger partial charge on any atom is -0.483 e. The molecule has 3 aromatic carbocycles. The van der Waals surface area contributed by atoms with Gasteiger partial charge in [0.25, 0.3) is 11.8 Å². The van der Waals surface area contributed by atoms with Gasteiger partial charge >= 0.3 is 5.97 Å². The van der Waals surface area contributed by atoms with Crippen LogP contribution in [-0.4, -0.2) is 31.5 Å². The number of hydrogen-bond acceptors (Lipinski definition) is 6. The number of nitriles is 1. The molecule has 0 saturated carbocycles. The first-order chi connectivity index (χ1) is 17.7. The molecule has 8 nitrogen and oxygen atoms in total. The monoisotopic (exact) mass is 517 g/mol. The standard InChI is InChI=1S/C28H24ClN3O5/c1-17-4-10-24(18(2)12-17)32-26(33)16-37-25-11-7-22(29)14-20(25)13-21(15-30)27(34)31-23-8-5-19(6-9-23)28(35)36-3/h4-14H,16H2,1-3H3,(H,31,34)(H,32,33)/b21-13-. The molecule has 0 radical (unpaired) electrons. The van der Waals surface area contributed by atoms with Crippen LogP contribution < -0.4 is 15.4 Å². The van der Waals surface area contributed by atoms with Crippen molar-refractivity contribution < 1.29 is 23.9 Å². The number of nitrogens with one attached hydrogen (secondary N) is 2. The number of anilines is 2. The van der Waals surface area contributed by atoms with Crippen LogP contribution >= 0.6 is 11.6 Å². The summed E-state index contributed by atoms with van der Waals surface area (Å²) in [6, 6.07) is 18.2. The quantitative estimate of drug-likeness (QED) is 0.237. The van der Waals surface area contributed by atoms with E-state index >= 15 is 0 Å². The van der Waals surface area contributed by atoms with Gasteiger partial charge in [-0.2, -0.15) is 5.26 Å². The van der Waals surface area contributed by atoms with Crippen molar-refractivity contribution in [2.24, 2.45) is 0 Å². The number of methoxy groups -OCH3 is 1. The van der Waals surface area contributed by atoms with Gasteiger partial charge < -0.3 is 20.1 Å². The van der Waals surface area contributed by atoms with Crippen LogP contribution in [0.15, 0.2) is 66.2 Å². The molecule has 9 heteroatoms. The van der Waals surface area contributed by atoms with Crippen molar-refractivity contribution in [3.63, 3.8) is 0 Å². The van der Waals surface area contributed by atoms with Gasteiger partial charge in [-0.1, -0.05) is 29.3 Å². The maximum absolute atomic E-state index is 12.7. The summed E-state index contributed by atoms with van der Waals surface area (Å²) in [6.07, 6.45) is 1.32. The summed E-state index contributed by atoms with van der Waals surface area (Å²) >= 11 is 6.12. The molecule has 0 aromatic heterocycles. The first-order valence-electron chi connectivity index (χ1n) is 11.1. The lowest BCUT2D eigenvalue weighted by atomic mass is 10.1. The Balaban J connectivity index is 1.73. The Bertz CT molecular complexity index is 1410. The summed E-state index contributed by atoms with van der Waals surface area (Å²) in [5, 5.41) is 15.3. The maximum Gasteiger partial charge on any atom is 0.337 e. The lowest BCUT2D eigenvalue weighted by Crippen LogP contribution is -2.21. The van der Waals surface area contributed by atoms with Crippen molar-refractivity contribution in [3.05, 3.63) is 93.5 Å². The fourth-order valence-electron chi connectivity index (χ4n) is 3.36. The molecular formula is C28H24ClN3O5. The SMILES string of the molecule is COC(=O)c1ccc(NC(=O)/C(C#N)=C\c2cc(Cl)ccc2OCC(=O)Nc2ccc(C)cc2C)cc1. The molecule has 188 valence electrons. The van der Waals surface area contributed by atoms with Gasteiger partial charge in [0.2, 0.25) is 0 Å². The normalized spacial score (nSPS) is 10.7. The minimum atomic E-state index is -0.674. The highest BCUT2D eigenvalue weighted by molar-refractivity contribution is 6.30. The lowest BCUT2D eigenvalue weighted by molar-refractivity contribution is -0.118. The molecular weight excluding hydrogens is 494 g/mol. The molecule has 0 aliphatic heterocycles. The van der Waals surface area contributed by atoms with Crippen LogP contribution in [-0.2, 0) is 14.3 Å². The number of halogens is 1. The molecule has 0 heterocycles. The summed E-state index contributed by atoms with van der Waals surface area (Å²) in [5.74, 6) is -1.29. The number of carbonyl (C=O) groups excluding carboxylic acids is 3. The zero-order chi connectivity index (χ0) is 26.9. The highest BCUT2D eigenvalue weighted by Gasteiger charge is 2.14. The molecule has 0 aliphatic rings. The molecule has 0 saturated heterocycles. The van der Waals surface area contributed by atoms with E-state index in [-0.39, 0.29) is 23.8 Å². The summed E-state index contributed by atoms with van der Waals surface area (Å²) in [5.41, 5.74) is 3.51. The van der Waals surface area contributed by atoms with E-state index in [0.717, 1.165) is 11.1 Å². The Morgan fingerprint density at radius 3 is 2.38 bits per heavy atom.